The second kappa shape index (κ2) is 6.09. The Morgan fingerprint density at radius 3 is 2.68 bits per heavy atom. The molecule has 3 rings (SSSR count). The lowest BCUT2D eigenvalue weighted by Gasteiger charge is -2.01. The van der Waals surface area contributed by atoms with Crippen LogP contribution in [0.5, 0.6) is 0 Å². The molecule has 1 aromatic carbocycles. The van der Waals surface area contributed by atoms with Gasteiger partial charge in [-0.15, -0.1) is 0 Å². The molecule has 0 saturated heterocycles. The Kier molecular flexibility index (Phi) is 4.16. The maximum Gasteiger partial charge on any atom is 0.282 e. The van der Waals surface area contributed by atoms with Crippen molar-refractivity contribution >= 4 is 31.9 Å². The summed E-state index contributed by atoms with van der Waals surface area (Å²) >= 11 is 6.37. The molecule has 2 heterocycles. The maximum atomic E-state index is 12.9. The van der Waals surface area contributed by atoms with Gasteiger partial charge in [0.05, 0.1) is 10.7 Å². The van der Waals surface area contributed by atoms with E-state index in [0.717, 1.165) is 0 Å². The number of hydrogen-bond acceptors (Lipinski definition) is 5. The van der Waals surface area contributed by atoms with Gasteiger partial charge in [0.1, 0.15) is 16.8 Å². The van der Waals surface area contributed by atoms with Gasteiger partial charge in [-0.1, -0.05) is 5.16 Å². The number of aromatic nitrogens is 4. The second-order valence-electron chi connectivity index (χ2n) is 4.29. The molecule has 0 saturated carbocycles. The van der Waals surface area contributed by atoms with Crippen molar-refractivity contribution in [3.63, 3.8) is 0 Å². The molecule has 2 aromatic heterocycles. The topological polar surface area (TPSA) is 73.8 Å². The first kappa shape index (κ1) is 15.0. The van der Waals surface area contributed by atoms with E-state index < -0.39 is 0 Å². The highest BCUT2D eigenvalue weighted by Crippen LogP contribution is 2.18. The minimum Gasteiger partial charge on any atom is -0.337 e. The Bertz CT molecular complexity index is 876. The van der Waals surface area contributed by atoms with Crippen LogP contribution < -0.4 is 5.56 Å². The minimum atomic E-state index is -0.345. The van der Waals surface area contributed by atoms with Crippen LogP contribution >= 0.6 is 31.9 Å². The van der Waals surface area contributed by atoms with Crippen molar-refractivity contribution in [3.05, 3.63) is 61.5 Å². The Labute approximate surface area is 140 Å². The van der Waals surface area contributed by atoms with Crippen LogP contribution in [-0.2, 0) is 6.54 Å². The average molecular weight is 430 g/mol. The van der Waals surface area contributed by atoms with Gasteiger partial charge in [0.2, 0.25) is 11.7 Å². The first-order chi connectivity index (χ1) is 10.5. The van der Waals surface area contributed by atoms with Gasteiger partial charge < -0.3 is 4.52 Å². The van der Waals surface area contributed by atoms with Crippen molar-refractivity contribution in [1.82, 2.24) is 19.9 Å². The van der Waals surface area contributed by atoms with Gasteiger partial charge in [-0.25, -0.2) is 9.07 Å². The van der Waals surface area contributed by atoms with Gasteiger partial charge in [-0.3, -0.25) is 4.79 Å². The molecule has 0 atom stereocenters. The summed E-state index contributed by atoms with van der Waals surface area (Å²) in [7, 11) is 0. The third-order valence-corrected chi connectivity index (χ3v) is 4.70. The van der Waals surface area contributed by atoms with Gasteiger partial charge in [-0.05, 0) is 56.1 Å². The molecular formula is C13H7Br2FN4O2. The fourth-order valence-corrected chi connectivity index (χ4v) is 2.29. The normalized spacial score (nSPS) is 10.9. The van der Waals surface area contributed by atoms with Crippen molar-refractivity contribution in [2.75, 3.05) is 0 Å². The lowest BCUT2D eigenvalue weighted by molar-refractivity contribution is 0.363. The zero-order valence-corrected chi connectivity index (χ0v) is 14.0. The summed E-state index contributed by atoms with van der Waals surface area (Å²) in [5, 5.41) is 7.79. The van der Waals surface area contributed by atoms with Crippen LogP contribution in [0.25, 0.3) is 11.4 Å². The minimum absolute atomic E-state index is 0.0406. The Balaban J connectivity index is 1.87. The first-order valence-electron chi connectivity index (χ1n) is 6.04. The number of rotatable bonds is 3. The van der Waals surface area contributed by atoms with Gasteiger partial charge in [0.15, 0.2) is 0 Å². The molecule has 0 aliphatic carbocycles. The van der Waals surface area contributed by atoms with E-state index in [1.807, 2.05) is 0 Å². The standard InChI is InChI=1S/C13H7Br2FN4O2/c14-9-5-17-20(13(21)11(9)15)6-10-18-12(19-22-10)7-1-3-8(16)4-2-7/h1-5H,6H2. The van der Waals surface area contributed by atoms with Gasteiger partial charge in [-0.2, -0.15) is 10.1 Å². The van der Waals surface area contributed by atoms with Crippen LogP contribution in [0.4, 0.5) is 4.39 Å². The van der Waals surface area contributed by atoms with E-state index in [1.54, 1.807) is 12.1 Å². The molecule has 0 N–H and O–H groups in total. The first-order valence-corrected chi connectivity index (χ1v) is 7.63. The van der Waals surface area contributed by atoms with Crippen molar-refractivity contribution in [3.8, 4) is 11.4 Å². The van der Waals surface area contributed by atoms with Gasteiger partial charge in [0.25, 0.3) is 5.56 Å². The molecule has 22 heavy (non-hydrogen) atoms. The van der Waals surface area contributed by atoms with E-state index in [-0.39, 0.29) is 23.8 Å². The smallest absolute Gasteiger partial charge is 0.282 e. The van der Waals surface area contributed by atoms with E-state index in [9.17, 15) is 9.18 Å². The van der Waals surface area contributed by atoms with E-state index in [1.165, 1.54) is 23.0 Å². The zero-order chi connectivity index (χ0) is 15.7. The fraction of sp³-hybridized carbons (Fsp3) is 0.0769. The number of nitrogens with zero attached hydrogens (tertiary/aromatic N) is 4. The molecule has 0 aliphatic rings. The van der Waals surface area contributed by atoms with Gasteiger partial charge >= 0.3 is 0 Å². The van der Waals surface area contributed by atoms with Crippen LogP contribution in [0.15, 0.2) is 48.7 Å². The van der Waals surface area contributed by atoms with Crippen molar-refractivity contribution in [2.45, 2.75) is 6.54 Å². The molecule has 112 valence electrons. The second-order valence-corrected chi connectivity index (χ2v) is 5.94. The number of halogens is 3. The highest BCUT2D eigenvalue weighted by Gasteiger charge is 2.12. The predicted molar refractivity (Wildman–Crippen MR) is 82.7 cm³/mol. The molecule has 0 amide bonds. The predicted octanol–water partition coefficient (Wildman–Crippen LogP) is 3.01. The highest BCUT2D eigenvalue weighted by molar-refractivity contribution is 9.13. The molecule has 0 bridgehead atoms. The Morgan fingerprint density at radius 1 is 1.23 bits per heavy atom. The monoisotopic (exact) mass is 428 g/mol. The lowest BCUT2D eigenvalue weighted by atomic mass is 10.2. The molecule has 0 aliphatic heterocycles. The van der Waals surface area contributed by atoms with Crippen molar-refractivity contribution < 1.29 is 8.91 Å². The Hall–Kier alpha value is -1.87. The van der Waals surface area contributed by atoms with Crippen LogP contribution in [0.1, 0.15) is 5.89 Å². The van der Waals surface area contributed by atoms with Crippen molar-refractivity contribution in [1.29, 1.82) is 0 Å². The van der Waals surface area contributed by atoms with E-state index in [0.29, 0.717) is 20.3 Å². The summed E-state index contributed by atoms with van der Waals surface area (Å²) in [6.45, 7) is 0.0406. The van der Waals surface area contributed by atoms with Crippen LogP contribution in [-0.4, -0.2) is 19.9 Å². The van der Waals surface area contributed by atoms with Crippen LogP contribution in [0, 0.1) is 5.82 Å². The summed E-state index contributed by atoms with van der Waals surface area (Å²) < 4.78 is 20.1. The largest absolute Gasteiger partial charge is 0.337 e. The molecule has 0 unspecified atom stereocenters. The van der Waals surface area contributed by atoms with E-state index in [4.69, 9.17) is 4.52 Å². The summed E-state index contributed by atoms with van der Waals surface area (Å²) in [4.78, 5) is 16.2. The summed E-state index contributed by atoms with van der Waals surface area (Å²) in [6.07, 6.45) is 1.49. The third kappa shape index (κ3) is 3.00. The number of benzene rings is 1. The molecule has 3 aromatic rings. The molecule has 0 radical (unpaired) electrons. The maximum absolute atomic E-state index is 12.9. The summed E-state index contributed by atoms with van der Waals surface area (Å²) in [6, 6.07) is 5.71. The quantitative estimate of drug-likeness (QED) is 0.639. The van der Waals surface area contributed by atoms with Gasteiger partial charge in [0, 0.05) is 5.56 Å². The SMILES string of the molecule is O=c1c(Br)c(Br)cnn1Cc1nc(-c2ccc(F)cc2)no1. The van der Waals surface area contributed by atoms with E-state index >= 15 is 0 Å². The molecule has 9 heteroatoms. The molecular weight excluding hydrogens is 423 g/mol. The van der Waals surface area contributed by atoms with Crippen LogP contribution in [0.3, 0.4) is 0 Å². The van der Waals surface area contributed by atoms with E-state index in [2.05, 4.69) is 47.1 Å². The molecule has 0 fully saturated rings. The average Bonchev–Trinajstić information content (AvgIpc) is 2.97. The number of hydrogen-bond donors (Lipinski definition) is 0. The molecule has 0 spiro atoms. The lowest BCUT2D eigenvalue weighted by Crippen LogP contribution is -2.24. The highest BCUT2D eigenvalue weighted by atomic mass is 79.9. The third-order valence-electron chi connectivity index (χ3n) is 2.80. The summed E-state index contributed by atoms with van der Waals surface area (Å²) in [5.74, 6) is 0.199. The molecule has 6 nitrogen and oxygen atoms in total. The Morgan fingerprint density at radius 2 is 1.95 bits per heavy atom. The van der Waals surface area contributed by atoms with Crippen molar-refractivity contribution in [2.24, 2.45) is 0 Å². The summed E-state index contributed by atoms with van der Waals surface area (Å²) in [5.41, 5.74) is 0.296. The fourth-order valence-electron chi connectivity index (χ4n) is 1.72. The zero-order valence-electron chi connectivity index (χ0n) is 10.8. The van der Waals surface area contributed by atoms with Crippen LogP contribution in [0.2, 0.25) is 0 Å².